The highest BCUT2D eigenvalue weighted by Gasteiger charge is 2.34. The third-order valence-electron chi connectivity index (χ3n) is 2.53. The second-order valence-electron chi connectivity index (χ2n) is 4.08. The predicted molar refractivity (Wildman–Crippen MR) is 61.9 cm³/mol. The first kappa shape index (κ1) is 14.4. The first-order chi connectivity index (χ1) is 7.00. The molecular formula is C11H24N2O2. The van der Waals surface area contributed by atoms with E-state index in [1.165, 1.54) is 7.11 Å². The van der Waals surface area contributed by atoms with Crippen molar-refractivity contribution in [3.63, 3.8) is 0 Å². The van der Waals surface area contributed by atoms with Crippen molar-refractivity contribution < 1.29 is 9.53 Å². The van der Waals surface area contributed by atoms with Crippen molar-refractivity contribution in [1.29, 1.82) is 0 Å². The van der Waals surface area contributed by atoms with Crippen LogP contribution < -0.4 is 5.32 Å². The van der Waals surface area contributed by atoms with Crippen LogP contribution in [-0.4, -0.2) is 50.2 Å². The number of likely N-dealkylation sites (N-methyl/N-ethyl adjacent to an activating group) is 1. The predicted octanol–water partition coefficient (Wildman–Crippen LogP) is 0.869. The summed E-state index contributed by atoms with van der Waals surface area (Å²) in [5.41, 5.74) is -0.602. The highest BCUT2D eigenvalue weighted by atomic mass is 16.5. The molecule has 0 aliphatic rings. The van der Waals surface area contributed by atoms with Gasteiger partial charge in [0.05, 0.1) is 7.11 Å². The van der Waals surface area contributed by atoms with Crippen molar-refractivity contribution in [2.75, 3.05) is 33.8 Å². The highest BCUT2D eigenvalue weighted by Crippen LogP contribution is 2.08. The van der Waals surface area contributed by atoms with Gasteiger partial charge in [0, 0.05) is 6.54 Å². The molecule has 0 spiro atoms. The van der Waals surface area contributed by atoms with Gasteiger partial charge in [-0.05, 0) is 33.5 Å². The SMILES string of the molecule is CCCNC(C)(CN(C)CC)C(=O)OC. The van der Waals surface area contributed by atoms with E-state index in [1.807, 2.05) is 14.0 Å². The van der Waals surface area contributed by atoms with Crippen LogP contribution in [0.25, 0.3) is 0 Å². The number of carbonyl (C=O) groups is 1. The van der Waals surface area contributed by atoms with Gasteiger partial charge in [0.25, 0.3) is 0 Å². The summed E-state index contributed by atoms with van der Waals surface area (Å²) in [5, 5.41) is 3.25. The lowest BCUT2D eigenvalue weighted by molar-refractivity contribution is -0.148. The Bertz CT molecular complexity index is 197. The summed E-state index contributed by atoms with van der Waals surface area (Å²) in [5.74, 6) is -0.198. The van der Waals surface area contributed by atoms with E-state index in [9.17, 15) is 4.79 Å². The molecule has 0 aromatic heterocycles. The van der Waals surface area contributed by atoms with Crippen molar-refractivity contribution in [3.8, 4) is 0 Å². The van der Waals surface area contributed by atoms with Crippen molar-refractivity contribution in [1.82, 2.24) is 10.2 Å². The molecular weight excluding hydrogens is 192 g/mol. The maximum absolute atomic E-state index is 11.7. The van der Waals surface area contributed by atoms with E-state index in [4.69, 9.17) is 4.74 Å². The molecule has 1 atom stereocenters. The fourth-order valence-corrected chi connectivity index (χ4v) is 1.47. The first-order valence-electron chi connectivity index (χ1n) is 5.52. The molecule has 0 aromatic rings. The first-order valence-corrected chi connectivity index (χ1v) is 5.52. The van der Waals surface area contributed by atoms with Crippen LogP contribution in [0.4, 0.5) is 0 Å². The Morgan fingerprint density at radius 2 is 2.07 bits per heavy atom. The van der Waals surface area contributed by atoms with Gasteiger partial charge in [-0.1, -0.05) is 13.8 Å². The lowest BCUT2D eigenvalue weighted by atomic mass is 10.0. The Kier molecular flexibility index (Phi) is 6.52. The van der Waals surface area contributed by atoms with Crippen LogP contribution in [0.15, 0.2) is 0 Å². The molecule has 0 radical (unpaired) electrons. The van der Waals surface area contributed by atoms with E-state index < -0.39 is 5.54 Å². The molecule has 0 heterocycles. The molecule has 0 fully saturated rings. The number of nitrogens with one attached hydrogen (secondary N) is 1. The number of carbonyl (C=O) groups excluding carboxylic acids is 1. The molecule has 1 unspecified atom stereocenters. The van der Waals surface area contributed by atoms with Crippen molar-refractivity contribution in [2.45, 2.75) is 32.7 Å². The highest BCUT2D eigenvalue weighted by molar-refractivity contribution is 5.80. The van der Waals surface area contributed by atoms with Crippen LogP contribution in [0.5, 0.6) is 0 Å². The Balaban J connectivity index is 4.46. The average Bonchev–Trinajstić information content (AvgIpc) is 2.24. The van der Waals surface area contributed by atoms with Crippen LogP contribution in [0.2, 0.25) is 0 Å². The normalized spacial score (nSPS) is 15.1. The molecule has 1 N–H and O–H groups in total. The van der Waals surface area contributed by atoms with E-state index in [0.717, 1.165) is 19.5 Å². The lowest BCUT2D eigenvalue weighted by Gasteiger charge is -2.31. The van der Waals surface area contributed by atoms with E-state index in [2.05, 4.69) is 24.1 Å². The molecule has 0 rings (SSSR count). The number of nitrogens with zero attached hydrogens (tertiary/aromatic N) is 1. The molecule has 0 saturated carbocycles. The molecule has 4 nitrogen and oxygen atoms in total. The molecule has 0 bridgehead atoms. The number of rotatable bonds is 7. The third-order valence-corrected chi connectivity index (χ3v) is 2.53. The molecule has 0 saturated heterocycles. The van der Waals surface area contributed by atoms with Crippen LogP contribution in [0, 0.1) is 0 Å². The molecule has 15 heavy (non-hydrogen) atoms. The summed E-state index contributed by atoms with van der Waals surface area (Å²) >= 11 is 0. The van der Waals surface area contributed by atoms with Gasteiger partial charge in [-0.2, -0.15) is 0 Å². The summed E-state index contributed by atoms with van der Waals surface area (Å²) in [6.45, 7) is 8.44. The van der Waals surface area contributed by atoms with Gasteiger partial charge >= 0.3 is 5.97 Å². The van der Waals surface area contributed by atoms with Crippen LogP contribution in [0.3, 0.4) is 0 Å². The second-order valence-corrected chi connectivity index (χ2v) is 4.08. The molecule has 0 aliphatic carbocycles. The topological polar surface area (TPSA) is 41.6 Å². The van der Waals surface area contributed by atoms with Crippen LogP contribution >= 0.6 is 0 Å². The van der Waals surface area contributed by atoms with Crippen LogP contribution in [-0.2, 0) is 9.53 Å². The second kappa shape index (κ2) is 6.80. The summed E-state index contributed by atoms with van der Waals surface area (Å²) in [7, 11) is 3.43. The van der Waals surface area contributed by atoms with Gasteiger partial charge in [-0.25, -0.2) is 0 Å². The van der Waals surface area contributed by atoms with Gasteiger partial charge in [-0.3, -0.25) is 4.79 Å². The smallest absolute Gasteiger partial charge is 0.327 e. The minimum atomic E-state index is -0.602. The molecule has 0 aliphatic heterocycles. The molecule has 0 amide bonds. The van der Waals surface area contributed by atoms with E-state index >= 15 is 0 Å². The summed E-state index contributed by atoms with van der Waals surface area (Å²) < 4.78 is 4.83. The van der Waals surface area contributed by atoms with E-state index in [0.29, 0.717) is 6.54 Å². The zero-order chi connectivity index (χ0) is 11.9. The third kappa shape index (κ3) is 4.62. The van der Waals surface area contributed by atoms with E-state index in [-0.39, 0.29) is 5.97 Å². The average molecular weight is 216 g/mol. The van der Waals surface area contributed by atoms with Crippen LogP contribution in [0.1, 0.15) is 27.2 Å². The maximum Gasteiger partial charge on any atom is 0.327 e. The molecule has 0 aromatic carbocycles. The van der Waals surface area contributed by atoms with Gasteiger partial charge in [0.15, 0.2) is 0 Å². The number of methoxy groups -OCH3 is 1. The van der Waals surface area contributed by atoms with Gasteiger partial charge in [-0.15, -0.1) is 0 Å². The van der Waals surface area contributed by atoms with Crippen molar-refractivity contribution >= 4 is 5.97 Å². The Morgan fingerprint density at radius 3 is 2.47 bits per heavy atom. The van der Waals surface area contributed by atoms with Crippen molar-refractivity contribution in [3.05, 3.63) is 0 Å². The Hall–Kier alpha value is -0.610. The fraction of sp³-hybridized carbons (Fsp3) is 0.909. The minimum absolute atomic E-state index is 0.198. The zero-order valence-electron chi connectivity index (χ0n) is 10.6. The molecule has 4 heteroatoms. The van der Waals surface area contributed by atoms with Gasteiger partial charge in [0.1, 0.15) is 5.54 Å². The quantitative estimate of drug-likeness (QED) is 0.641. The number of ether oxygens (including phenoxy) is 1. The van der Waals surface area contributed by atoms with Gasteiger partial charge < -0.3 is 15.0 Å². The van der Waals surface area contributed by atoms with E-state index in [1.54, 1.807) is 0 Å². The lowest BCUT2D eigenvalue weighted by Crippen LogP contribution is -2.57. The minimum Gasteiger partial charge on any atom is -0.468 e. The largest absolute Gasteiger partial charge is 0.468 e. The molecule has 90 valence electrons. The van der Waals surface area contributed by atoms with Gasteiger partial charge in [0.2, 0.25) is 0 Å². The fourth-order valence-electron chi connectivity index (χ4n) is 1.47. The number of esters is 1. The Labute approximate surface area is 93.0 Å². The number of hydrogen-bond acceptors (Lipinski definition) is 4. The Morgan fingerprint density at radius 1 is 1.47 bits per heavy atom. The van der Waals surface area contributed by atoms with Crippen molar-refractivity contribution in [2.24, 2.45) is 0 Å². The zero-order valence-corrected chi connectivity index (χ0v) is 10.6. The monoisotopic (exact) mass is 216 g/mol. The summed E-state index contributed by atoms with van der Waals surface area (Å²) in [6, 6.07) is 0. The number of hydrogen-bond donors (Lipinski definition) is 1. The summed E-state index contributed by atoms with van der Waals surface area (Å²) in [6.07, 6.45) is 1.00. The maximum atomic E-state index is 11.7. The summed E-state index contributed by atoms with van der Waals surface area (Å²) in [4.78, 5) is 13.8. The standard InChI is InChI=1S/C11H24N2O2/c1-6-8-12-11(3,10(14)15-5)9-13(4)7-2/h12H,6-9H2,1-5H3.